The van der Waals surface area contributed by atoms with Gasteiger partial charge in [-0.3, -0.25) is 4.79 Å². The number of carbonyl (C=O) groups is 1. The van der Waals surface area contributed by atoms with E-state index < -0.39 is 15.9 Å². The van der Waals surface area contributed by atoms with Crippen LogP contribution in [-0.2, 0) is 19.7 Å². The highest BCUT2D eigenvalue weighted by Crippen LogP contribution is 2.19. The third kappa shape index (κ3) is 5.80. The topological polar surface area (TPSA) is 106 Å². The van der Waals surface area contributed by atoms with Crippen molar-refractivity contribution in [1.29, 1.82) is 0 Å². The summed E-state index contributed by atoms with van der Waals surface area (Å²) in [7, 11) is -0.701. The highest BCUT2D eigenvalue weighted by Gasteiger charge is 2.15. The predicted octanol–water partition coefficient (Wildman–Crippen LogP) is 1.90. The lowest BCUT2D eigenvalue weighted by atomic mass is 10.2. The van der Waals surface area contributed by atoms with Crippen molar-refractivity contribution in [2.75, 3.05) is 26.1 Å². The van der Waals surface area contributed by atoms with Crippen molar-refractivity contribution in [3.63, 3.8) is 0 Å². The van der Waals surface area contributed by atoms with E-state index in [1.165, 1.54) is 19.3 Å². The number of nitrogens with zero attached hydrogens (tertiary/aromatic N) is 1. The molecule has 0 atom stereocenters. The minimum Gasteiger partial charge on any atom is -0.497 e. The van der Waals surface area contributed by atoms with E-state index in [0.29, 0.717) is 11.3 Å². The number of amides is 1. The number of anilines is 1. The summed E-state index contributed by atoms with van der Waals surface area (Å²) in [4.78, 5) is 17.0. The van der Waals surface area contributed by atoms with Gasteiger partial charge in [0, 0.05) is 5.69 Å². The summed E-state index contributed by atoms with van der Waals surface area (Å²) in [6.07, 6.45) is 1.47. The second-order valence-corrected chi connectivity index (χ2v) is 7.37. The summed E-state index contributed by atoms with van der Waals surface area (Å²) in [6.45, 7) is 1.36. The molecule has 0 fully saturated rings. The lowest BCUT2D eigenvalue weighted by molar-refractivity contribution is -0.120. The highest BCUT2D eigenvalue weighted by molar-refractivity contribution is 7.89. The van der Waals surface area contributed by atoms with Crippen molar-refractivity contribution in [3.8, 4) is 5.75 Å². The number of nitrogens with one attached hydrogen (secondary N) is 2. The monoisotopic (exact) mass is 391 g/mol. The van der Waals surface area contributed by atoms with Crippen LogP contribution in [0, 0.1) is 6.92 Å². The summed E-state index contributed by atoms with van der Waals surface area (Å²) < 4.78 is 31.2. The van der Waals surface area contributed by atoms with Crippen LogP contribution < -0.4 is 14.8 Å². The van der Waals surface area contributed by atoms with Gasteiger partial charge >= 0.3 is 0 Å². The molecule has 0 unspecified atom stereocenters. The maximum absolute atomic E-state index is 12.0. The first-order valence-corrected chi connectivity index (χ1v) is 9.47. The normalized spacial score (nSPS) is 11.4. The molecule has 2 rings (SSSR count). The van der Waals surface area contributed by atoms with E-state index in [0.717, 1.165) is 11.3 Å². The van der Waals surface area contributed by atoms with E-state index in [-0.39, 0.29) is 11.5 Å². The number of ether oxygens (including phenoxy) is 1. The third-order valence-electron chi connectivity index (χ3n) is 3.62. The molecule has 8 nitrogen and oxygen atoms in total. The lowest BCUT2D eigenvalue weighted by Crippen LogP contribution is -2.21. The quantitative estimate of drug-likeness (QED) is 0.528. The van der Waals surface area contributed by atoms with Gasteiger partial charge in [0.05, 0.1) is 18.2 Å². The van der Waals surface area contributed by atoms with Crippen LogP contribution in [0.5, 0.6) is 5.75 Å². The van der Waals surface area contributed by atoms with Crippen LogP contribution in [-0.4, -0.2) is 41.3 Å². The molecular weight excluding hydrogens is 370 g/mol. The molecule has 1 amide bonds. The number of hydrogen-bond acceptors (Lipinski definition) is 6. The molecule has 0 spiro atoms. The Morgan fingerprint density at radius 3 is 2.52 bits per heavy atom. The Labute approximate surface area is 158 Å². The maximum Gasteiger partial charge on any atom is 0.265 e. The first kappa shape index (κ1) is 20.4. The first-order chi connectivity index (χ1) is 12.9. The van der Waals surface area contributed by atoms with Crippen LogP contribution >= 0.6 is 0 Å². The van der Waals surface area contributed by atoms with Crippen molar-refractivity contribution in [2.24, 2.45) is 5.16 Å². The number of benzene rings is 2. The zero-order valence-corrected chi connectivity index (χ0v) is 16.0. The smallest absolute Gasteiger partial charge is 0.265 e. The number of methoxy groups -OCH3 is 1. The number of rotatable bonds is 8. The van der Waals surface area contributed by atoms with Gasteiger partial charge in [-0.2, -0.15) is 0 Å². The molecule has 0 aliphatic rings. The van der Waals surface area contributed by atoms with Gasteiger partial charge in [0.15, 0.2) is 6.61 Å². The van der Waals surface area contributed by atoms with E-state index in [9.17, 15) is 13.2 Å². The molecular formula is C18H21N3O5S. The number of aryl methyl sites for hydroxylation is 1. The third-order valence-corrected chi connectivity index (χ3v) is 5.17. The van der Waals surface area contributed by atoms with Gasteiger partial charge in [-0.15, -0.1) is 0 Å². The fourth-order valence-corrected chi connectivity index (χ4v) is 3.15. The first-order valence-electron chi connectivity index (χ1n) is 7.99. The highest BCUT2D eigenvalue weighted by atomic mass is 32.2. The summed E-state index contributed by atoms with van der Waals surface area (Å²) in [5, 5.41) is 6.30. The molecule has 2 N–H and O–H groups in total. The molecule has 27 heavy (non-hydrogen) atoms. The molecule has 0 aliphatic heterocycles. The van der Waals surface area contributed by atoms with Crippen molar-refractivity contribution < 1.29 is 22.8 Å². The Morgan fingerprint density at radius 2 is 1.89 bits per heavy atom. The van der Waals surface area contributed by atoms with Gasteiger partial charge in [-0.25, -0.2) is 13.1 Å². The van der Waals surface area contributed by atoms with Crippen molar-refractivity contribution in [3.05, 3.63) is 53.6 Å². The van der Waals surface area contributed by atoms with E-state index in [2.05, 4.69) is 15.2 Å². The van der Waals surface area contributed by atoms with Gasteiger partial charge < -0.3 is 14.9 Å². The summed E-state index contributed by atoms with van der Waals surface area (Å²) in [6, 6.07) is 11.8. The van der Waals surface area contributed by atoms with Crippen LogP contribution in [0.15, 0.2) is 52.5 Å². The Balaban J connectivity index is 1.92. The van der Waals surface area contributed by atoms with E-state index in [1.54, 1.807) is 50.4 Å². The van der Waals surface area contributed by atoms with Crippen LogP contribution in [0.25, 0.3) is 0 Å². The summed E-state index contributed by atoms with van der Waals surface area (Å²) in [5.74, 6) is 0.267. The molecule has 2 aromatic carbocycles. The molecule has 0 aromatic heterocycles. The minimum absolute atomic E-state index is 0.0984. The van der Waals surface area contributed by atoms with Crippen LogP contribution in [0.1, 0.15) is 11.1 Å². The molecule has 0 saturated heterocycles. The fraction of sp³-hybridized carbons (Fsp3) is 0.222. The number of sulfonamides is 1. The zero-order valence-electron chi connectivity index (χ0n) is 15.2. The van der Waals surface area contributed by atoms with E-state index in [4.69, 9.17) is 9.57 Å². The standard InChI is InChI=1S/C18H21N3O5S/c1-13-4-7-15(10-17(13)27(23,24)19-2)21-18(22)12-26-20-11-14-5-8-16(25-3)9-6-14/h4-11,19H,12H2,1-3H3,(H,21,22)/b20-11-. The lowest BCUT2D eigenvalue weighted by Gasteiger charge is -2.10. The summed E-state index contributed by atoms with van der Waals surface area (Å²) in [5.41, 5.74) is 1.71. The Bertz CT molecular complexity index is 925. The van der Waals surface area contributed by atoms with Crippen molar-refractivity contribution in [2.45, 2.75) is 11.8 Å². The van der Waals surface area contributed by atoms with E-state index in [1.807, 2.05) is 0 Å². The van der Waals surface area contributed by atoms with Crippen LogP contribution in [0.2, 0.25) is 0 Å². The molecule has 0 saturated carbocycles. The van der Waals surface area contributed by atoms with Crippen LogP contribution in [0.3, 0.4) is 0 Å². The molecule has 144 valence electrons. The average molecular weight is 391 g/mol. The average Bonchev–Trinajstić information content (AvgIpc) is 2.67. The molecule has 9 heteroatoms. The number of hydrogen-bond donors (Lipinski definition) is 2. The molecule has 0 heterocycles. The van der Waals surface area contributed by atoms with Crippen LogP contribution in [0.4, 0.5) is 5.69 Å². The number of oxime groups is 1. The van der Waals surface area contributed by atoms with Gasteiger partial charge in [-0.05, 0) is 61.5 Å². The Kier molecular flexibility index (Phi) is 6.91. The second kappa shape index (κ2) is 9.15. The van der Waals surface area contributed by atoms with Gasteiger partial charge in [0.1, 0.15) is 5.75 Å². The largest absolute Gasteiger partial charge is 0.497 e. The Hall–Kier alpha value is -2.91. The summed E-state index contributed by atoms with van der Waals surface area (Å²) >= 11 is 0. The van der Waals surface area contributed by atoms with E-state index >= 15 is 0 Å². The van der Waals surface area contributed by atoms with Gasteiger partial charge in [0.2, 0.25) is 10.0 Å². The zero-order chi connectivity index (χ0) is 19.9. The van der Waals surface area contributed by atoms with Crippen molar-refractivity contribution in [1.82, 2.24) is 4.72 Å². The maximum atomic E-state index is 12.0. The molecule has 0 radical (unpaired) electrons. The SMILES string of the molecule is CNS(=O)(=O)c1cc(NC(=O)CO/N=C\c2ccc(OC)cc2)ccc1C. The predicted molar refractivity (Wildman–Crippen MR) is 103 cm³/mol. The number of carbonyl (C=O) groups excluding carboxylic acids is 1. The Morgan fingerprint density at radius 1 is 1.19 bits per heavy atom. The van der Waals surface area contributed by atoms with Gasteiger partial charge in [-0.1, -0.05) is 11.2 Å². The molecule has 0 bridgehead atoms. The fourth-order valence-electron chi connectivity index (χ4n) is 2.16. The molecule has 2 aromatic rings. The second-order valence-electron chi connectivity index (χ2n) is 5.52. The molecule has 0 aliphatic carbocycles. The minimum atomic E-state index is -3.61. The van der Waals surface area contributed by atoms with Gasteiger partial charge in [0.25, 0.3) is 5.91 Å². The van der Waals surface area contributed by atoms with Crippen molar-refractivity contribution >= 4 is 27.8 Å².